The van der Waals surface area contributed by atoms with Crippen LogP contribution in [0.4, 0.5) is 0 Å². The fraction of sp³-hybridized carbons (Fsp3) is 0.0800. The van der Waals surface area contributed by atoms with Crippen molar-refractivity contribution in [3.05, 3.63) is 101 Å². The van der Waals surface area contributed by atoms with Gasteiger partial charge in [-0.2, -0.15) is 5.10 Å². The highest BCUT2D eigenvalue weighted by molar-refractivity contribution is 5.95. The first-order valence-corrected chi connectivity index (χ1v) is 9.58. The molecule has 3 aromatic carbocycles. The van der Waals surface area contributed by atoms with Crippen molar-refractivity contribution in [2.45, 2.75) is 6.92 Å². The smallest absolute Gasteiger partial charge is 0.336 e. The Morgan fingerprint density at radius 2 is 1.71 bits per heavy atom. The van der Waals surface area contributed by atoms with Crippen LogP contribution in [0.2, 0.25) is 0 Å². The van der Waals surface area contributed by atoms with Gasteiger partial charge in [0.25, 0.3) is 5.91 Å². The maximum atomic E-state index is 12.1. The van der Waals surface area contributed by atoms with Gasteiger partial charge in [0.05, 0.1) is 13.3 Å². The average molecular weight is 414 g/mol. The van der Waals surface area contributed by atoms with Gasteiger partial charge in [0.15, 0.2) is 11.5 Å². The zero-order valence-electron chi connectivity index (χ0n) is 17.2. The SMILES string of the molecule is COc1cc(/C=N\NC(=O)c2cccc(C)c2)ccc1OC(=O)/C=C/c1ccccc1. The number of nitrogens with zero attached hydrogens (tertiary/aromatic N) is 1. The summed E-state index contributed by atoms with van der Waals surface area (Å²) in [5, 5.41) is 3.98. The minimum absolute atomic E-state index is 0.283. The Balaban J connectivity index is 1.62. The fourth-order valence-electron chi connectivity index (χ4n) is 2.74. The predicted octanol–water partition coefficient (Wildman–Crippen LogP) is 4.39. The zero-order valence-corrected chi connectivity index (χ0v) is 17.2. The normalized spacial score (nSPS) is 10.9. The largest absolute Gasteiger partial charge is 0.493 e. The molecule has 31 heavy (non-hydrogen) atoms. The Labute approximate surface area is 180 Å². The van der Waals surface area contributed by atoms with Gasteiger partial charge in [0, 0.05) is 11.6 Å². The van der Waals surface area contributed by atoms with Crippen LogP contribution in [0.1, 0.15) is 27.0 Å². The molecule has 0 aromatic heterocycles. The van der Waals surface area contributed by atoms with Gasteiger partial charge in [0.2, 0.25) is 0 Å². The van der Waals surface area contributed by atoms with E-state index in [0.29, 0.717) is 16.9 Å². The van der Waals surface area contributed by atoms with Crippen LogP contribution in [0.3, 0.4) is 0 Å². The molecule has 0 aliphatic heterocycles. The number of benzene rings is 3. The molecule has 0 unspecified atom stereocenters. The van der Waals surface area contributed by atoms with Crippen molar-refractivity contribution in [1.82, 2.24) is 5.43 Å². The molecule has 0 radical (unpaired) electrons. The summed E-state index contributed by atoms with van der Waals surface area (Å²) in [7, 11) is 1.48. The lowest BCUT2D eigenvalue weighted by molar-refractivity contribution is -0.129. The highest BCUT2D eigenvalue weighted by Gasteiger charge is 2.09. The summed E-state index contributed by atoms with van der Waals surface area (Å²) in [4.78, 5) is 24.2. The molecular formula is C25H22N2O4. The summed E-state index contributed by atoms with van der Waals surface area (Å²) >= 11 is 0. The van der Waals surface area contributed by atoms with Crippen molar-refractivity contribution in [2.24, 2.45) is 5.10 Å². The summed E-state index contributed by atoms with van der Waals surface area (Å²) in [6, 6.07) is 21.6. The molecule has 6 nitrogen and oxygen atoms in total. The molecule has 0 aliphatic rings. The molecule has 156 valence electrons. The lowest BCUT2D eigenvalue weighted by Crippen LogP contribution is -2.17. The third-order valence-electron chi connectivity index (χ3n) is 4.27. The topological polar surface area (TPSA) is 77.0 Å². The second-order valence-corrected chi connectivity index (χ2v) is 6.64. The molecule has 1 N–H and O–H groups in total. The number of esters is 1. The number of aryl methyl sites for hydroxylation is 1. The molecule has 0 bridgehead atoms. The van der Waals surface area contributed by atoms with Crippen LogP contribution in [-0.4, -0.2) is 25.2 Å². The van der Waals surface area contributed by atoms with Crippen LogP contribution >= 0.6 is 0 Å². The molecule has 0 atom stereocenters. The van der Waals surface area contributed by atoms with Gasteiger partial charge in [-0.1, -0.05) is 48.0 Å². The molecule has 3 rings (SSSR count). The summed E-state index contributed by atoms with van der Waals surface area (Å²) < 4.78 is 10.7. The maximum absolute atomic E-state index is 12.1. The van der Waals surface area contributed by atoms with Gasteiger partial charge >= 0.3 is 5.97 Å². The third kappa shape index (κ3) is 6.40. The number of hydrogen-bond donors (Lipinski definition) is 1. The van der Waals surface area contributed by atoms with E-state index in [-0.39, 0.29) is 11.7 Å². The summed E-state index contributed by atoms with van der Waals surface area (Å²) in [6.45, 7) is 1.91. The van der Waals surface area contributed by atoms with Crippen molar-refractivity contribution in [3.8, 4) is 11.5 Å². The van der Waals surface area contributed by atoms with Crippen LogP contribution in [0.15, 0.2) is 84.0 Å². The Morgan fingerprint density at radius 1 is 0.903 bits per heavy atom. The highest BCUT2D eigenvalue weighted by atomic mass is 16.6. The zero-order chi connectivity index (χ0) is 22.1. The number of hydrazone groups is 1. The molecular weight excluding hydrogens is 392 g/mol. The number of carbonyl (C=O) groups is 2. The Kier molecular flexibility index (Phi) is 7.32. The quantitative estimate of drug-likeness (QED) is 0.205. The second-order valence-electron chi connectivity index (χ2n) is 6.64. The number of rotatable bonds is 7. The van der Waals surface area contributed by atoms with Gasteiger partial charge in [-0.05, 0) is 54.5 Å². The molecule has 0 aliphatic carbocycles. The van der Waals surface area contributed by atoms with E-state index in [9.17, 15) is 9.59 Å². The second kappa shape index (κ2) is 10.5. The predicted molar refractivity (Wildman–Crippen MR) is 120 cm³/mol. The first-order chi connectivity index (χ1) is 15.0. The molecule has 0 spiro atoms. The van der Waals surface area contributed by atoms with Crippen molar-refractivity contribution in [2.75, 3.05) is 7.11 Å². The van der Waals surface area contributed by atoms with Crippen molar-refractivity contribution >= 4 is 24.2 Å². The first kappa shape index (κ1) is 21.5. The number of carbonyl (C=O) groups excluding carboxylic acids is 2. The molecule has 0 fully saturated rings. The molecule has 6 heteroatoms. The number of amides is 1. The number of methoxy groups -OCH3 is 1. The van der Waals surface area contributed by atoms with E-state index in [0.717, 1.165) is 11.1 Å². The van der Waals surface area contributed by atoms with E-state index < -0.39 is 5.97 Å². The summed E-state index contributed by atoms with van der Waals surface area (Å²) in [5.41, 5.74) is 5.57. The summed E-state index contributed by atoms with van der Waals surface area (Å²) in [5.74, 6) is -0.168. The Bertz CT molecular complexity index is 1120. The van der Waals surface area contributed by atoms with E-state index in [2.05, 4.69) is 10.5 Å². The van der Waals surface area contributed by atoms with E-state index in [1.807, 2.05) is 49.4 Å². The molecule has 1 amide bonds. The minimum atomic E-state index is -0.519. The minimum Gasteiger partial charge on any atom is -0.493 e. The first-order valence-electron chi connectivity index (χ1n) is 9.58. The van der Waals surface area contributed by atoms with Crippen LogP contribution in [0.5, 0.6) is 11.5 Å². The van der Waals surface area contributed by atoms with E-state index in [1.165, 1.54) is 19.4 Å². The van der Waals surface area contributed by atoms with Crippen LogP contribution < -0.4 is 14.9 Å². The van der Waals surface area contributed by atoms with Crippen LogP contribution in [0, 0.1) is 6.92 Å². The monoisotopic (exact) mass is 414 g/mol. The molecule has 3 aromatic rings. The molecule has 0 saturated carbocycles. The van der Waals surface area contributed by atoms with Gasteiger partial charge in [-0.15, -0.1) is 0 Å². The lowest BCUT2D eigenvalue weighted by atomic mass is 10.1. The Morgan fingerprint density at radius 3 is 2.45 bits per heavy atom. The maximum Gasteiger partial charge on any atom is 0.336 e. The van der Waals surface area contributed by atoms with E-state index in [1.54, 1.807) is 36.4 Å². The number of hydrogen-bond acceptors (Lipinski definition) is 5. The Hall–Kier alpha value is -4.19. The van der Waals surface area contributed by atoms with E-state index >= 15 is 0 Å². The van der Waals surface area contributed by atoms with Crippen LogP contribution in [0.25, 0.3) is 6.08 Å². The van der Waals surface area contributed by atoms with Crippen LogP contribution in [-0.2, 0) is 4.79 Å². The van der Waals surface area contributed by atoms with Gasteiger partial charge < -0.3 is 9.47 Å². The average Bonchev–Trinajstić information content (AvgIpc) is 2.79. The van der Waals surface area contributed by atoms with E-state index in [4.69, 9.17) is 9.47 Å². The van der Waals surface area contributed by atoms with Crippen molar-refractivity contribution in [1.29, 1.82) is 0 Å². The van der Waals surface area contributed by atoms with Gasteiger partial charge in [0.1, 0.15) is 0 Å². The number of ether oxygens (including phenoxy) is 2. The standard InChI is InChI=1S/C25H22N2O4/c1-18-7-6-10-21(15-18)25(29)27-26-17-20-11-13-22(23(16-20)30-2)31-24(28)14-12-19-8-4-3-5-9-19/h3-17H,1-2H3,(H,27,29)/b14-12+,26-17-. The van der Waals surface area contributed by atoms with Crippen molar-refractivity contribution in [3.63, 3.8) is 0 Å². The van der Waals surface area contributed by atoms with Gasteiger partial charge in [-0.3, -0.25) is 4.79 Å². The highest BCUT2D eigenvalue weighted by Crippen LogP contribution is 2.27. The van der Waals surface area contributed by atoms with Gasteiger partial charge in [-0.25, -0.2) is 10.2 Å². The summed E-state index contributed by atoms with van der Waals surface area (Å²) in [6.07, 6.45) is 4.51. The lowest BCUT2D eigenvalue weighted by Gasteiger charge is -2.08. The third-order valence-corrected chi connectivity index (χ3v) is 4.27. The number of nitrogens with one attached hydrogen (secondary N) is 1. The fourth-order valence-corrected chi connectivity index (χ4v) is 2.74. The molecule has 0 saturated heterocycles. The van der Waals surface area contributed by atoms with Crippen molar-refractivity contribution < 1.29 is 19.1 Å². The molecule has 0 heterocycles.